The molecule has 20 N–H and O–H groups in total. The summed E-state index contributed by atoms with van der Waals surface area (Å²) in [4.78, 5) is 116. The fraction of sp³-hybridized carbons (Fsp3) is 0.859. The molecule has 0 aromatic heterocycles. The van der Waals surface area contributed by atoms with Gasteiger partial charge in [0.2, 0.25) is 53.2 Å². The predicted molar refractivity (Wildman–Crippen MR) is 352 cm³/mol. The number of unbranched alkanes of at least 4 members (excludes halogenated alkanes) is 7. The quantitative estimate of drug-likeness (QED) is 0.0252. The molecule has 4 fully saturated rings. The van der Waals surface area contributed by atoms with Crippen LogP contribution in [0.4, 0.5) is 0 Å². The van der Waals surface area contributed by atoms with Gasteiger partial charge in [0.05, 0.1) is 85.4 Å². The van der Waals surface area contributed by atoms with E-state index >= 15 is 0 Å². The van der Waals surface area contributed by atoms with Crippen LogP contribution in [-0.2, 0) is 85.8 Å². The summed E-state index contributed by atoms with van der Waals surface area (Å²) in [5, 5.41) is 134. The molecule has 9 amide bonds. The average Bonchev–Trinajstić information content (AvgIpc) is 1.01. The van der Waals surface area contributed by atoms with E-state index in [0.717, 1.165) is 32.1 Å². The molecule has 38 heteroatoms. The number of aliphatic hydroxyl groups excluding tert-OH is 11. The number of carbonyl (C=O) groups excluding carboxylic acids is 9. The van der Waals surface area contributed by atoms with E-state index < -0.39 is 184 Å². The van der Waals surface area contributed by atoms with Crippen molar-refractivity contribution in [3.8, 4) is 0 Å². The van der Waals surface area contributed by atoms with E-state index in [0.29, 0.717) is 38.5 Å². The number of rotatable bonds is 50. The van der Waals surface area contributed by atoms with Crippen LogP contribution in [0.2, 0.25) is 0 Å². The summed E-state index contributed by atoms with van der Waals surface area (Å²) >= 11 is 0. The Morgan fingerprint density at radius 2 is 0.725 bits per heavy atom. The Balaban J connectivity index is 1.32. The van der Waals surface area contributed by atoms with Gasteiger partial charge in [-0.1, -0.05) is 38.5 Å². The van der Waals surface area contributed by atoms with Crippen molar-refractivity contribution in [2.75, 3.05) is 106 Å². The molecule has 3 aliphatic heterocycles. The van der Waals surface area contributed by atoms with Crippen molar-refractivity contribution in [1.29, 1.82) is 0 Å². The van der Waals surface area contributed by atoms with Gasteiger partial charge in [-0.25, -0.2) is 0 Å². The zero-order chi connectivity index (χ0) is 75.1. The summed E-state index contributed by atoms with van der Waals surface area (Å²) in [6, 6.07) is -6.31. The second-order valence-corrected chi connectivity index (χ2v) is 25.6. The summed E-state index contributed by atoms with van der Waals surface area (Å²) in [7, 11) is 0. The van der Waals surface area contributed by atoms with Gasteiger partial charge >= 0.3 is 0 Å². The van der Waals surface area contributed by atoms with Gasteiger partial charge in [0, 0.05) is 84.7 Å². The van der Waals surface area contributed by atoms with Crippen LogP contribution < -0.4 is 47.9 Å². The van der Waals surface area contributed by atoms with Crippen LogP contribution in [0.25, 0.3) is 0 Å². The van der Waals surface area contributed by atoms with Crippen LogP contribution in [0.3, 0.4) is 0 Å². The van der Waals surface area contributed by atoms with Gasteiger partial charge in [-0.15, -0.1) is 0 Å². The summed E-state index contributed by atoms with van der Waals surface area (Å²) in [6.07, 6.45) is -10.8. The molecule has 0 spiro atoms. The fourth-order valence-corrected chi connectivity index (χ4v) is 11.9. The number of aliphatic hydroxyl groups is 11. The van der Waals surface area contributed by atoms with E-state index in [9.17, 15) is 99.3 Å². The molecule has 4 aliphatic rings. The molecule has 3 heterocycles. The lowest BCUT2D eigenvalue weighted by atomic mass is 9.97. The van der Waals surface area contributed by atoms with E-state index in [4.69, 9.17) is 42.6 Å². The van der Waals surface area contributed by atoms with E-state index in [2.05, 4.69) is 47.9 Å². The largest absolute Gasteiger partial charge is 0.396 e. The highest BCUT2D eigenvalue weighted by molar-refractivity contribution is 5.90. The van der Waals surface area contributed by atoms with E-state index in [1.165, 1.54) is 20.8 Å². The number of amides is 9. The average molecular weight is 1470 g/mol. The highest BCUT2D eigenvalue weighted by Gasteiger charge is 2.48. The Labute approximate surface area is 592 Å². The summed E-state index contributed by atoms with van der Waals surface area (Å²) in [5.41, 5.74) is 0. The van der Waals surface area contributed by atoms with Gasteiger partial charge in [-0.2, -0.15) is 0 Å². The van der Waals surface area contributed by atoms with Crippen molar-refractivity contribution in [3.05, 3.63) is 0 Å². The first-order valence-electron chi connectivity index (χ1n) is 35.1. The Bertz CT molecular complexity index is 2500. The minimum atomic E-state index is -1.54. The van der Waals surface area contributed by atoms with Crippen LogP contribution in [0, 0.1) is 5.92 Å². The lowest BCUT2D eigenvalue weighted by molar-refractivity contribution is -0.272. The first-order chi connectivity index (χ1) is 48.8. The Morgan fingerprint density at radius 3 is 1.08 bits per heavy atom. The molecule has 0 bridgehead atoms. The molecular formula is C64H113N9O29. The van der Waals surface area contributed by atoms with Crippen LogP contribution >= 0.6 is 0 Å². The van der Waals surface area contributed by atoms with Crippen molar-refractivity contribution in [2.24, 2.45) is 5.92 Å². The molecule has 20 unspecified atom stereocenters. The van der Waals surface area contributed by atoms with E-state index in [-0.39, 0.29) is 129 Å². The third kappa shape index (κ3) is 32.4. The highest BCUT2D eigenvalue weighted by Crippen LogP contribution is 2.27. The molecule has 0 aromatic rings. The summed E-state index contributed by atoms with van der Waals surface area (Å²) < 4.78 is 50.3. The Kier molecular flexibility index (Phi) is 42.9. The minimum Gasteiger partial charge on any atom is -0.396 e. The third-order valence-corrected chi connectivity index (χ3v) is 17.4. The number of carbonyl (C=O) groups is 9. The lowest BCUT2D eigenvalue weighted by Crippen LogP contribution is -2.64. The van der Waals surface area contributed by atoms with Crippen molar-refractivity contribution >= 4 is 53.2 Å². The van der Waals surface area contributed by atoms with Gasteiger partial charge in [-0.05, 0) is 38.5 Å². The topological polar surface area (TPSA) is 568 Å². The van der Waals surface area contributed by atoms with Crippen LogP contribution in [0.5, 0.6) is 0 Å². The maximum atomic E-state index is 13.8. The second-order valence-electron chi connectivity index (χ2n) is 25.6. The predicted octanol–water partition coefficient (Wildman–Crippen LogP) is -8.06. The standard InChI is InChI=1S/C64H113N9O29/c1-36(78)68-51-57(89)54(86)44(33-75)100-62(51)97-27-24-94-21-18-65-47(82)16-14-41(60(92)66-19-22-95-25-28-98-63-52(69-37(2)79)58(90)55(87)45(34-76)101-63)73-50(85)17-15-42(61(93)67-20-23-96-26-29-99-64-53(70-38(3)80)59(91)56(88)46(35-77)102-64)72-49(84)13-11-9-7-5-4-6-8-10-12-48(83)71-40-30-39(32-74)43(81)31-40/h39-46,51-59,62-64,74-77,81,86-91H,4-35H2,1-3H3,(H,65,82)(H,66,92)(H,67,93)(H,68,78)(H,69,79)(H,70,80)(H,71,83)(H,72,84)(H,73,85). The molecule has 0 aromatic carbocycles. The number of hydrogen-bond donors (Lipinski definition) is 20. The molecule has 1 saturated carbocycles. The van der Waals surface area contributed by atoms with Crippen LogP contribution in [0.1, 0.15) is 124 Å². The number of hydrogen-bond acceptors (Lipinski definition) is 29. The third-order valence-electron chi connectivity index (χ3n) is 17.4. The van der Waals surface area contributed by atoms with Crippen molar-refractivity contribution in [3.63, 3.8) is 0 Å². The van der Waals surface area contributed by atoms with Crippen LogP contribution in [0.15, 0.2) is 0 Å². The maximum absolute atomic E-state index is 13.8. The van der Waals surface area contributed by atoms with E-state index in [1.807, 2.05) is 0 Å². The SMILES string of the molecule is CC(=O)NC1C(OCCOCCNC(=O)CCC(NC(=O)CCC(NC(=O)CCCCCCCCCCC(=O)NC2CC(O)C(CO)C2)C(=O)NCCOCCOC2OC(CO)C(O)C(O)C2NC(C)=O)C(=O)NCCOCCOC2OC(CO)C(O)C(O)C2NC(C)=O)OC(CO)C(O)C1O. The van der Waals surface area contributed by atoms with Crippen LogP contribution in [-0.4, -0.2) is 331 Å². The molecule has 20 atom stereocenters. The van der Waals surface area contributed by atoms with Crippen molar-refractivity contribution in [1.82, 2.24) is 47.9 Å². The van der Waals surface area contributed by atoms with Gasteiger partial charge in [-0.3, -0.25) is 43.2 Å². The van der Waals surface area contributed by atoms with Gasteiger partial charge in [0.25, 0.3) is 0 Å². The summed E-state index contributed by atoms with van der Waals surface area (Å²) in [5.74, 6) is -5.13. The molecule has 4 rings (SSSR count). The zero-order valence-electron chi connectivity index (χ0n) is 58.4. The molecule has 3 saturated heterocycles. The Hall–Kier alpha value is -5.57. The highest BCUT2D eigenvalue weighted by atomic mass is 16.7. The number of nitrogens with one attached hydrogen (secondary N) is 9. The second kappa shape index (κ2) is 49.3. The first-order valence-corrected chi connectivity index (χ1v) is 35.1. The number of ether oxygens (including phenoxy) is 9. The zero-order valence-corrected chi connectivity index (χ0v) is 58.4. The smallest absolute Gasteiger partial charge is 0.242 e. The fourth-order valence-electron chi connectivity index (χ4n) is 11.9. The van der Waals surface area contributed by atoms with Gasteiger partial charge in [0.1, 0.15) is 85.1 Å². The molecule has 38 nitrogen and oxygen atoms in total. The van der Waals surface area contributed by atoms with E-state index in [1.54, 1.807) is 0 Å². The lowest BCUT2D eigenvalue weighted by Gasteiger charge is -2.42. The Morgan fingerprint density at radius 1 is 0.382 bits per heavy atom. The molecule has 1 aliphatic carbocycles. The van der Waals surface area contributed by atoms with Gasteiger partial charge in [0.15, 0.2) is 18.9 Å². The normalized spacial score (nSPS) is 28.4. The minimum absolute atomic E-state index is 0.0223. The monoisotopic (exact) mass is 1470 g/mol. The van der Waals surface area contributed by atoms with Gasteiger partial charge < -0.3 is 147 Å². The first kappa shape index (κ1) is 88.8. The molecule has 102 heavy (non-hydrogen) atoms. The molecule has 588 valence electrons. The molecular weight excluding hydrogens is 1360 g/mol. The van der Waals surface area contributed by atoms with Crippen molar-refractivity contribution in [2.45, 2.75) is 240 Å². The maximum Gasteiger partial charge on any atom is 0.242 e. The van der Waals surface area contributed by atoms with Crippen molar-refractivity contribution < 1.29 is 142 Å². The molecule has 0 radical (unpaired) electrons. The summed E-state index contributed by atoms with van der Waals surface area (Å²) in [6.45, 7) is 0.293.